The van der Waals surface area contributed by atoms with Gasteiger partial charge >= 0.3 is 0 Å². The SMILES string of the molecule is CC(C)C(NS(=O)(=O)c1cccs1)C(=O)NC1CCN(Cc2ccccc2)CC1. The van der Waals surface area contributed by atoms with Crippen molar-refractivity contribution >= 4 is 27.3 Å². The molecule has 2 aromatic rings. The summed E-state index contributed by atoms with van der Waals surface area (Å²) in [5, 5.41) is 4.77. The Bertz CT molecular complexity index is 875. The minimum Gasteiger partial charge on any atom is -0.352 e. The highest BCUT2D eigenvalue weighted by Gasteiger charge is 2.31. The van der Waals surface area contributed by atoms with Gasteiger partial charge in [-0.3, -0.25) is 9.69 Å². The van der Waals surface area contributed by atoms with E-state index in [0.717, 1.165) is 43.8 Å². The number of amides is 1. The Labute approximate surface area is 177 Å². The molecule has 0 aliphatic carbocycles. The number of thiophene rings is 1. The Kier molecular flexibility index (Phi) is 7.45. The van der Waals surface area contributed by atoms with E-state index in [1.807, 2.05) is 32.0 Å². The monoisotopic (exact) mass is 435 g/mol. The summed E-state index contributed by atoms with van der Waals surface area (Å²) < 4.78 is 27.9. The molecule has 158 valence electrons. The normalized spacial score (nSPS) is 17.3. The fourth-order valence-electron chi connectivity index (χ4n) is 3.50. The first-order chi connectivity index (χ1) is 13.8. The van der Waals surface area contributed by atoms with Crippen LogP contribution in [-0.2, 0) is 21.4 Å². The van der Waals surface area contributed by atoms with Gasteiger partial charge in [-0.25, -0.2) is 8.42 Å². The van der Waals surface area contributed by atoms with E-state index in [9.17, 15) is 13.2 Å². The largest absolute Gasteiger partial charge is 0.352 e. The highest BCUT2D eigenvalue weighted by Crippen LogP contribution is 2.18. The summed E-state index contributed by atoms with van der Waals surface area (Å²) in [6.45, 7) is 6.43. The lowest BCUT2D eigenvalue weighted by molar-refractivity contribution is -0.124. The quantitative estimate of drug-likeness (QED) is 0.668. The smallest absolute Gasteiger partial charge is 0.250 e. The van der Waals surface area contributed by atoms with Crippen molar-refractivity contribution in [1.82, 2.24) is 14.9 Å². The van der Waals surface area contributed by atoms with Crippen LogP contribution in [-0.4, -0.2) is 44.4 Å². The summed E-state index contributed by atoms with van der Waals surface area (Å²) in [4.78, 5) is 15.2. The van der Waals surface area contributed by atoms with Gasteiger partial charge < -0.3 is 5.32 Å². The maximum absolute atomic E-state index is 12.8. The molecule has 1 unspecified atom stereocenters. The van der Waals surface area contributed by atoms with Crippen LogP contribution in [0.5, 0.6) is 0 Å². The van der Waals surface area contributed by atoms with Crippen LogP contribution < -0.4 is 10.0 Å². The molecule has 1 aliphatic rings. The van der Waals surface area contributed by atoms with Crippen LogP contribution in [0.15, 0.2) is 52.1 Å². The first kappa shape index (κ1) is 22.0. The summed E-state index contributed by atoms with van der Waals surface area (Å²) >= 11 is 1.14. The molecule has 1 atom stereocenters. The van der Waals surface area contributed by atoms with Gasteiger partial charge in [0.05, 0.1) is 0 Å². The number of likely N-dealkylation sites (tertiary alicyclic amines) is 1. The molecule has 0 radical (unpaired) electrons. The molecule has 1 amide bonds. The van der Waals surface area contributed by atoms with Crippen molar-refractivity contribution in [3.63, 3.8) is 0 Å². The zero-order valence-corrected chi connectivity index (χ0v) is 18.5. The van der Waals surface area contributed by atoms with E-state index >= 15 is 0 Å². The van der Waals surface area contributed by atoms with Crippen molar-refractivity contribution in [3.05, 3.63) is 53.4 Å². The number of benzene rings is 1. The Morgan fingerprint density at radius 1 is 1.14 bits per heavy atom. The standard InChI is InChI=1S/C21H29N3O3S2/c1-16(2)20(23-29(26,27)19-9-6-14-28-19)21(25)22-18-10-12-24(13-11-18)15-17-7-4-3-5-8-17/h3-9,14,16,18,20,23H,10-13,15H2,1-2H3,(H,22,25). The summed E-state index contributed by atoms with van der Waals surface area (Å²) in [5.74, 6) is -0.399. The molecule has 1 aliphatic heterocycles. The van der Waals surface area contributed by atoms with Gasteiger partial charge in [-0.2, -0.15) is 4.72 Å². The molecule has 3 rings (SSSR count). The van der Waals surface area contributed by atoms with E-state index in [-0.39, 0.29) is 22.1 Å². The van der Waals surface area contributed by atoms with Crippen molar-refractivity contribution in [1.29, 1.82) is 0 Å². The predicted molar refractivity (Wildman–Crippen MR) is 116 cm³/mol. The average molecular weight is 436 g/mol. The summed E-state index contributed by atoms with van der Waals surface area (Å²) in [5.41, 5.74) is 1.29. The number of nitrogens with zero attached hydrogens (tertiary/aromatic N) is 1. The fourth-order valence-corrected chi connectivity index (χ4v) is 5.86. The Balaban J connectivity index is 1.53. The third-order valence-electron chi connectivity index (χ3n) is 5.17. The topological polar surface area (TPSA) is 78.5 Å². The van der Waals surface area contributed by atoms with E-state index < -0.39 is 16.1 Å². The van der Waals surface area contributed by atoms with Gasteiger partial charge in [0.15, 0.2) is 0 Å². The van der Waals surface area contributed by atoms with Gasteiger partial charge in [-0.05, 0) is 35.8 Å². The van der Waals surface area contributed by atoms with Crippen LogP contribution in [0, 0.1) is 5.92 Å². The first-order valence-electron chi connectivity index (χ1n) is 9.97. The molecule has 0 saturated carbocycles. The molecule has 8 heteroatoms. The number of rotatable bonds is 8. The number of sulfonamides is 1. The molecular formula is C21H29N3O3S2. The second-order valence-corrected chi connectivity index (χ2v) is 10.7. The van der Waals surface area contributed by atoms with Crippen LogP contribution in [0.1, 0.15) is 32.3 Å². The van der Waals surface area contributed by atoms with Gasteiger partial charge in [0.1, 0.15) is 10.3 Å². The van der Waals surface area contributed by atoms with Crippen LogP contribution in [0.2, 0.25) is 0 Å². The summed E-state index contributed by atoms with van der Waals surface area (Å²) in [6, 6.07) is 12.9. The Morgan fingerprint density at radius 3 is 2.41 bits per heavy atom. The average Bonchev–Trinajstić information content (AvgIpc) is 3.24. The van der Waals surface area contributed by atoms with Gasteiger partial charge in [0, 0.05) is 25.7 Å². The zero-order chi connectivity index (χ0) is 20.9. The minimum atomic E-state index is -3.69. The van der Waals surface area contributed by atoms with Gasteiger partial charge in [0.2, 0.25) is 5.91 Å². The van der Waals surface area contributed by atoms with Crippen molar-refractivity contribution in [2.75, 3.05) is 13.1 Å². The lowest BCUT2D eigenvalue weighted by Crippen LogP contribution is -2.53. The Hall–Kier alpha value is -1.74. The molecule has 29 heavy (non-hydrogen) atoms. The fraction of sp³-hybridized carbons (Fsp3) is 0.476. The van der Waals surface area contributed by atoms with Crippen molar-refractivity contribution in [2.24, 2.45) is 5.92 Å². The van der Waals surface area contributed by atoms with Crippen LogP contribution in [0.25, 0.3) is 0 Å². The molecule has 6 nitrogen and oxygen atoms in total. The van der Waals surface area contributed by atoms with E-state index in [1.165, 1.54) is 5.56 Å². The zero-order valence-electron chi connectivity index (χ0n) is 16.9. The van der Waals surface area contributed by atoms with Gasteiger partial charge in [-0.1, -0.05) is 50.2 Å². The van der Waals surface area contributed by atoms with Crippen LogP contribution in [0.3, 0.4) is 0 Å². The van der Waals surface area contributed by atoms with Crippen molar-refractivity contribution < 1.29 is 13.2 Å². The van der Waals surface area contributed by atoms with Crippen molar-refractivity contribution in [3.8, 4) is 0 Å². The second-order valence-electron chi connectivity index (χ2n) is 7.82. The maximum atomic E-state index is 12.8. The molecule has 1 aromatic carbocycles. The molecule has 1 aromatic heterocycles. The van der Waals surface area contributed by atoms with Crippen LogP contribution >= 0.6 is 11.3 Å². The van der Waals surface area contributed by atoms with Crippen LogP contribution in [0.4, 0.5) is 0 Å². The number of carbonyl (C=O) groups is 1. The third kappa shape index (κ3) is 6.12. The number of nitrogens with one attached hydrogen (secondary N) is 2. The molecule has 1 fully saturated rings. The van der Waals surface area contributed by atoms with Crippen molar-refractivity contribution in [2.45, 2.75) is 49.5 Å². The van der Waals surface area contributed by atoms with E-state index in [1.54, 1.807) is 17.5 Å². The number of carbonyl (C=O) groups excluding carboxylic acids is 1. The first-order valence-corrected chi connectivity index (χ1v) is 12.3. The van der Waals surface area contributed by atoms with E-state index in [2.05, 4.69) is 27.1 Å². The lowest BCUT2D eigenvalue weighted by atomic mass is 10.0. The van der Waals surface area contributed by atoms with E-state index in [4.69, 9.17) is 0 Å². The second kappa shape index (κ2) is 9.84. The van der Waals surface area contributed by atoms with Gasteiger partial charge in [-0.15, -0.1) is 11.3 Å². The maximum Gasteiger partial charge on any atom is 0.250 e. The molecule has 2 N–H and O–H groups in total. The third-order valence-corrected chi connectivity index (χ3v) is 8.01. The molecule has 2 heterocycles. The molecular weight excluding hydrogens is 406 g/mol. The number of piperidine rings is 1. The summed E-state index contributed by atoms with van der Waals surface area (Å²) in [6.07, 6.45) is 1.72. The molecule has 0 bridgehead atoms. The number of hydrogen-bond acceptors (Lipinski definition) is 5. The minimum absolute atomic E-state index is 0.0713. The Morgan fingerprint density at radius 2 is 1.83 bits per heavy atom. The molecule has 1 saturated heterocycles. The van der Waals surface area contributed by atoms with Gasteiger partial charge in [0.25, 0.3) is 10.0 Å². The molecule has 0 spiro atoms. The summed E-state index contributed by atoms with van der Waals surface area (Å²) in [7, 11) is -3.69. The lowest BCUT2D eigenvalue weighted by Gasteiger charge is -2.33. The van der Waals surface area contributed by atoms with E-state index in [0.29, 0.717) is 0 Å². The highest BCUT2D eigenvalue weighted by molar-refractivity contribution is 7.91. The predicted octanol–water partition coefficient (Wildman–Crippen LogP) is 2.83. The number of hydrogen-bond donors (Lipinski definition) is 2. The highest BCUT2D eigenvalue weighted by atomic mass is 32.2.